The van der Waals surface area contributed by atoms with E-state index in [4.69, 9.17) is 0 Å². The number of likely N-dealkylation sites (N-methyl/N-ethyl adjacent to an activating group) is 1. The van der Waals surface area contributed by atoms with Crippen LogP contribution in [-0.2, 0) is 13.1 Å². The second kappa shape index (κ2) is 7.23. The van der Waals surface area contributed by atoms with Gasteiger partial charge in [-0.3, -0.25) is 14.4 Å². The second-order valence-corrected chi connectivity index (χ2v) is 7.91. The maximum atomic E-state index is 13.8. The number of hydrogen-bond acceptors (Lipinski definition) is 4. The Morgan fingerprint density at radius 3 is 2.60 bits per heavy atom. The fraction of sp³-hybridized carbons (Fsp3) is 0.381. The van der Waals surface area contributed by atoms with Crippen molar-refractivity contribution in [3.8, 4) is 5.75 Å². The van der Waals surface area contributed by atoms with Gasteiger partial charge >= 0.3 is 0 Å². The summed E-state index contributed by atoms with van der Waals surface area (Å²) in [5, 5.41) is 12.8. The summed E-state index contributed by atoms with van der Waals surface area (Å²) in [4.78, 5) is 39.6. The number of nitrogens with zero attached hydrogens (tertiary/aromatic N) is 2. The molecule has 30 heavy (non-hydrogen) atoms. The molecule has 1 spiro atoms. The van der Waals surface area contributed by atoms with E-state index in [2.05, 4.69) is 5.32 Å². The van der Waals surface area contributed by atoms with Gasteiger partial charge in [0.1, 0.15) is 17.2 Å². The highest BCUT2D eigenvalue weighted by molar-refractivity contribution is 5.99. The normalized spacial score (nSPS) is 17.3. The maximum Gasteiger partial charge on any atom is 0.274 e. The summed E-state index contributed by atoms with van der Waals surface area (Å²) >= 11 is 0. The Morgan fingerprint density at radius 1 is 1.23 bits per heavy atom. The minimum absolute atomic E-state index is 0.0498. The molecule has 2 amide bonds. The number of nitrogens with one attached hydrogen (secondary N) is 1. The third-order valence-corrected chi connectivity index (χ3v) is 6.17. The van der Waals surface area contributed by atoms with Crippen molar-refractivity contribution in [2.75, 3.05) is 7.05 Å². The molecule has 0 bridgehead atoms. The molecule has 1 aliphatic heterocycles. The van der Waals surface area contributed by atoms with Crippen LogP contribution in [0.15, 0.2) is 29.2 Å². The highest BCUT2D eigenvalue weighted by atomic mass is 19.1. The fourth-order valence-corrected chi connectivity index (χ4v) is 4.42. The first-order chi connectivity index (χ1) is 14.2. The third kappa shape index (κ3) is 3.14. The molecule has 9 heteroatoms. The van der Waals surface area contributed by atoms with E-state index in [9.17, 15) is 28.3 Å². The molecule has 0 saturated heterocycles. The number of aromatic nitrogens is 1. The van der Waals surface area contributed by atoms with Gasteiger partial charge in [-0.25, -0.2) is 8.78 Å². The topological polar surface area (TPSA) is 91.6 Å². The van der Waals surface area contributed by atoms with Crippen molar-refractivity contribution < 1.29 is 23.5 Å². The molecule has 1 aromatic heterocycles. The van der Waals surface area contributed by atoms with E-state index in [0.717, 1.165) is 31.7 Å². The van der Waals surface area contributed by atoms with E-state index in [1.165, 1.54) is 16.8 Å². The number of fused-ring (bicyclic) bond motifs is 1. The number of aromatic hydroxyl groups is 1. The molecule has 1 aliphatic carbocycles. The minimum atomic E-state index is -0.970. The molecule has 7 nitrogen and oxygen atoms in total. The first-order valence-corrected chi connectivity index (χ1v) is 9.70. The summed E-state index contributed by atoms with van der Waals surface area (Å²) in [6.07, 6.45) is 4.81. The maximum absolute atomic E-state index is 13.8. The van der Waals surface area contributed by atoms with Crippen LogP contribution < -0.4 is 10.7 Å². The molecule has 2 aromatic rings. The summed E-state index contributed by atoms with van der Waals surface area (Å²) in [5.41, 5.74) is -1.81. The number of carbonyl (C=O) groups is 2. The van der Waals surface area contributed by atoms with Crippen molar-refractivity contribution in [3.63, 3.8) is 0 Å². The Labute approximate surface area is 170 Å². The standard InChI is InChI=1S/C21H21F2N3O4/c1-25-20(30)16-18(28)17(27)14(10-26(16)11-21(25)6-2-3-7-21)19(29)24-9-12-4-5-13(22)8-15(12)23/h4-5,8,10,28H,2-3,6-7,9,11H2,1H3,(H,24,29). The molecule has 1 fully saturated rings. The Morgan fingerprint density at radius 2 is 1.93 bits per heavy atom. The molecule has 2 heterocycles. The van der Waals surface area contributed by atoms with Gasteiger partial charge in [0, 0.05) is 38.0 Å². The van der Waals surface area contributed by atoms with Crippen molar-refractivity contribution in [2.24, 2.45) is 0 Å². The van der Waals surface area contributed by atoms with Gasteiger partial charge in [-0.1, -0.05) is 18.9 Å². The summed E-state index contributed by atoms with van der Waals surface area (Å²) in [6.45, 7) is 0.101. The van der Waals surface area contributed by atoms with Crippen LogP contribution >= 0.6 is 0 Å². The van der Waals surface area contributed by atoms with Gasteiger partial charge in [0.05, 0.1) is 5.54 Å². The van der Waals surface area contributed by atoms with Crippen LogP contribution in [0.4, 0.5) is 8.78 Å². The Balaban J connectivity index is 1.65. The lowest BCUT2D eigenvalue weighted by Crippen LogP contribution is -2.55. The SMILES string of the molecule is CN1C(=O)c2c(O)c(=O)c(C(=O)NCc3ccc(F)cc3F)cn2CC12CCCC2. The van der Waals surface area contributed by atoms with Crippen molar-refractivity contribution in [3.05, 3.63) is 63.1 Å². The van der Waals surface area contributed by atoms with Crippen LogP contribution in [0.25, 0.3) is 0 Å². The number of carbonyl (C=O) groups excluding carboxylic acids is 2. The average Bonchev–Trinajstić information content (AvgIpc) is 3.17. The lowest BCUT2D eigenvalue weighted by molar-refractivity contribution is 0.0416. The smallest absolute Gasteiger partial charge is 0.274 e. The average molecular weight is 417 g/mol. The summed E-state index contributed by atoms with van der Waals surface area (Å²) in [6, 6.07) is 2.96. The van der Waals surface area contributed by atoms with Gasteiger partial charge in [0.2, 0.25) is 5.43 Å². The molecule has 1 aromatic carbocycles. The minimum Gasteiger partial charge on any atom is -0.503 e. The number of rotatable bonds is 3. The largest absolute Gasteiger partial charge is 0.503 e. The molecule has 0 radical (unpaired) electrons. The number of halogens is 2. The highest BCUT2D eigenvalue weighted by Crippen LogP contribution is 2.40. The molecule has 1 saturated carbocycles. The Hall–Kier alpha value is -3.23. The second-order valence-electron chi connectivity index (χ2n) is 7.91. The van der Waals surface area contributed by atoms with Crippen LogP contribution in [0, 0.1) is 11.6 Å². The zero-order valence-electron chi connectivity index (χ0n) is 16.4. The van der Waals surface area contributed by atoms with Gasteiger partial charge in [-0.15, -0.1) is 0 Å². The lowest BCUT2D eigenvalue weighted by Gasteiger charge is -2.44. The van der Waals surface area contributed by atoms with Crippen molar-refractivity contribution in [1.82, 2.24) is 14.8 Å². The van der Waals surface area contributed by atoms with Gasteiger partial charge in [-0.05, 0) is 18.9 Å². The molecule has 0 unspecified atom stereocenters. The van der Waals surface area contributed by atoms with E-state index in [0.29, 0.717) is 12.6 Å². The molecule has 2 N–H and O–H groups in total. The lowest BCUT2D eigenvalue weighted by atomic mass is 9.91. The van der Waals surface area contributed by atoms with E-state index in [1.807, 2.05) is 0 Å². The Kier molecular flexibility index (Phi) is 4.83. The first-order valence-electron chi connectivity index (χ1n) is 9.70. The van der Waals surface area contributed by atoms with E-state index < -0.39 is 40.2 Å². The van der Waals surface area contributed by atoms with Crippen LogP contribution in [0.1, 0.15) is 52.1 Å². The number of benzene rings is 1. The van der Waals surface area contributed by atoms with Crippen LogP contribution in [-0.4, -0.2) is 39.0 Å². The predicted molar refractivity (Wildman–Crippen MR) is 103 cm³/mol. The molecule has 0 atom stereocenters. The number of hydrogen-bond donors (Lipinski definition) is 2. The zero-order valence-corrected chi connectivity index (χ0v) is 16.4. The zero-order chi connectivity index (χ0) is 21.6. The molecule has 4 rings (SSSR count). The van der Waals surface area contributed by atoms with Crippen LogP contribution in [0.2, 0.25) is 0 Å². The van der Waals surface area contributed by atoms with Crippen LogP contribution in [0.5, 0.6) is 5.75 Å². The highest BCUT2D eigenvalue weighted by Gasteiger charge is 2.46. The van der Waals surface area contributed by atoms with Gasteiger partial charge in [0.25, 0.3) is 11.8 Å². The fourth-order valence-electron chi connectivity index (χ4n) is 4.42. The summed E-state index contributed by atoms with van der Waals surface area (Å²) < 4.78 is 28.3. The molecular formula is C21H21F2N3O4. The van der Waals surface area contributed by atoms with Crippen molar-refractivity contribution in [2.45, 2.75) is 44.3 Å². The molecular weight excluding hydrogens is 396 g/mol. The van der Waals surface area contributed by atoms with Gasteiger partial charge in [0.15, 0.2) is 11.4 Å². The monoisotopic (exact) mass is 417 g/mol. The number of amides is 2. The van der Waals surface area contributed by atoms with E-state index >= 15 is 0 Å². The predicted octanol–water partition coefficient (Wildman–Crippen LogP) is 2.16. The van der Waals surface area contributed by atoms with Crippen molar-refractivity contribution in [1.29, 1.82) is 0 Å². The summed E-state index contributed by atoms with van der Waals surface area (Å²) in [5.74, 6) is -3.62. The molecule has 158 valence electrons. The van der Waals surface area contributed by atoms with Crippen molar-refractivity contribution >= 4 is 11.8 Å². The summed E-state index contributed by atoms with van der Waals surface area (Å²) in [7, 11) is 1.67. The third-order valence-electron chi connectivity index (χ3n) is 6.17. The van der Waals surface area contributed by atoms with Crippen LogP contribution in [0.3, 0.4) is 0 Å². The van der Waals surface area contributed by atoms with Gasteiger partial charge < -0.3 is 19.9 Å². The van der Waals surface area contributed by atoms with Gasteiger partial charge in [-0.2, -0.15) is 0 Å². The quantitative estimate of drug-likeness (QED) is 0.801. The van der Waals surface area contributed by atoms with E-state index in [-0.39, 0.29) is 23.4 Å². The number of pyridine rings is 1. The Bertz CT molecular complexity index is 1110. The van der Waals surface area contributed by atoms with E-state index in [1.54, 1.807) is 11.9 Å². The molecule has 2 aliphatic rings. The first kappa shape index (κ1) is 20.1.